The number of hydrogen-bond donors (Lipinski definition) is 2. The number of carboxylic acids is 1. The molecule has 0 aromatic heterocycles. The van der Waals surface area contributed by atoms with E-state index in [0.29, 0.717) is 0 Å². The standard InChI is InChI=1S/C11H17NO5/c1-3-5-9(13)12-8(11(15)16)6-7-10(14)17-4-2/h3,5,8H,4,6-7H2,1-2H3,(H,12,13)(H,15,16)/b5-3+/t8-/m0/s1. The van der Waals surface area contributed by atoms with Crippen molar-refractivity contribution in [2.45, 2.75) is 32.7 Å². The zero-order valence-corrected chi connectivity index (χ0v) is 9.93. The van der Waals surface area contributed by atoms with E-state index in [9.17, 15) is 14.4 Å². The molecule has 0 saturated heterocycles. The van der Waals surface area contributed by atoms with Crippen molar-refractivity contribution in [3.8, 4) is 0 Å². The summed E-state index contributed by atoms with van der Waals surface area (Å²) in [5.41, 5.74) is 0. The predicted octanol–water partition coefficient (Wildman–Crippen LogP) is 0.475. The summed E-state index contributed by atoms with van der Waals surface area (Å²) in [6.07, 6.45) is 2.69. The minimum atomic E-state index is -1.17. The predicted molar refractivity (Wildman–Crippen MR) is 60.2 cm³/mol. The van der Waals surface area contributed by atoms with Gasteiger partial charge >= 0.3 is 11.9 Å². The summed E-state index contributed by atoms with van der Waals surface area (Å²) in [6, 6.07) is -1.08. The number of carboxylic acid groups (broad SMARTS) is 1. The maximum atomic E-state index is 11.2. The van der Waals surface area contributed by atoms with E-state index in [-0.39, 0.29) is 19.4 Å². The Morgan fingerprint density at radius 2 is 2.06 bits per heavy atom. The van der Waals surface area contributed by atoms with Crippen LogP contribution in [-0.4, -0.2) is 35.6 Å². The lowest BCUT2D eigenvalue weighted by Gasteiger charge is -2.12. The molecular formula is C11H17NO5. The van der Waals surface area contributed by atoms with Crippen LogP contribution in [0.15, 0.2) is 12.2 Å². The molecular weight excluding hydrogens is 226 g/mol. The molecule has 6 heteroatoms. The molecule has 0 spiro atoms. The fourth-order valence-electron chi connectivity index (χ4n) is 1.12. The molecule has 0 aliphatic heterocycles. The molecule has 0 aromatic carbocycles. The van der Waals surface area contributed by atoms with Gasteiger partial charge in [-0.05, 0) is 26.3 Å². The first kappa shape index (κ1) is 15.2. The molecule has 0 fully saturated rings. The van der Waals surface area contributed by atoms with Gasteiger partial charge in [-0.15, -0.1) is 0 Å². The van der Waals surface area contributed by atoms with Gasteiger partial charge in [0.05, 0.1) is 6.61 Å². The molecule has 1 atom stereocenters. The van der Waals surface area contributed by atoms with Gasteiger partial charge in [0.2, 0.25) is 5.91 Å². The second-order valence-electron chi connectivity index (χ2n) is 3.24. The number of allylic oxidation sites excluding steroid dienone is 1. The number of rotatable bonds is 7. The van der Waals surface area contributed by atoms with Gasteiger partial charge in [-0.3, -0.25) is 9.59 Å². The van der Waals surface area contributed by atoms with E-state index < -0.39 is 23.9 Å². The van der Waals surface area contributed by atoms with Crippen LogP contribution >= 0.6 is 0 Å². The number of nitrogens with one attached hydrogen (secondary N) is 1. The molecule has 1 amide bonds. The lowest BCUT2D eigenvalue weighted by Crippen LogP contribution is -2.40. The molecule has 0 heterocycles. The first-order valence-corrected chi connectivity index (χ1v) is 5.32. The average molecular weight is 243 g/mol. The molecule has 0 bridgehead atoms. The Hall–Kier alpha value is -1.85. The van der Waals surface area contributed by atoms with E-state index in [1.54, 1.807) is 13.8 Å². The summed E-state index contributed by atoms with van der Waals surface area (Å²) < 4.78 is 4.67. The zero-order valence-electron chi connectivity index (χ0n) is 9.93. The summed E-state index contributed by atoms with van der Waals surface area (Å²) in [5, 5.41) is 11.1. The molecule has 6 nitrogen and oxygen atoms in total. The van der Waals surface area contributed by atoms with E-state index >= 15 is 0 Å². The number of ether oxygens (including phenoxy) is 1. The lowest BCUT2D eigenvalue weighted by atomic mass is 10.1. The highest BCUT2D eigenvalue weighted by Gasteiger charge is 2.20. The Morgan fingerprint density at radius 3 is 2.53 bits per heavy atom. The number of aliphatic carboxylic acids is 1. The highest BCUT2D eigenvalue weighted by Crippen LogP contribution is 2.00. The number of carbonyl (C=O) groups excluding carboxylic acids is 2. The van der Waals surface area contributed by atoms with Crippen molar-refractivity contribution in [3.63, 3.8) is 0 Å². The topological polar surface area (TPSA) is 92.7 Å². The molecule has 0 aromatic rings. The second-order valence-corrected chi connectivity index (χ2v) is 3.24. The number of carbonyl (C=O) groups is 3. The smallest absolute Gasteiger partial charge is 0.326 e. The van der Waals surface area contributed by atoms with Crippen molar-refractivity contribution < 1.29 is 24.2 Å². The normalized spacial score (nSPS) is 12.1. The van der Waals surface area contributed by atoms with Crippen LogP contribution in [0.4, 0.5) is 0 Å². The average Bonchev–Trinajstić information content (AvgIpc) is 2.24. The molecule has 2 N–H and O–H groups in total. The number of amides is 1. The second kappa shape index (κ2) is 8.32. The first-order valence-electron chi connectivity index (χ1n) is 5.32. The molecule has 0 aliphatic rings. The Kier molecular flexibility index (Phi) is 7.41. The third kappa shape index (κ3) is 7.10. The van der Waals surface area contributed by atoms with Crippen molar-refractivity contribution in [3.05, 3.63) is 12.2 Å². The van der Waals surface area contributed by atoms with E-state index in [1.165, 1.54) is 12.2 Å². The van der Waals surface area contributed by atoms with Gasteiger partial charge in [-0.1, -0.05) is 6.08 Å². The van der Waals surface area contributed by atoms with Gasteiger partial charge in [0.25, 0.3) is 0 Å². The van der Waals surface area contributed by atoms with Crippen LogP contribution in [0.3, 0.4) is 0 Å². The summed E-state index contributed by atoms with van der Waals surface area (Å²) in [7, 11) is 0. The summed E-state index contributed by atoms with van der Waals surface area (Å²) in [6.45, 7) is 3.57. The fourth-order valence-corrected chi connectivity index (χ4v) is 1.12. The summed E-state index contributed by atoms with van der Waals surface area (Å²) in [5.74, 6) is -2.14. The monoisotopic (exact) mass is 243 g/mol. The van der Waals surface area contributed by atoms with E-state index in [0.717, 1.165) is 0 Å². The Labute approximate surface area is 99.6 Å². The maximum Gasteiger partial charge on any atom is 0.326 e. The van der Waals surface area contributed by atoms with Gasteiger partial charge in [0.15, 0.2) is 0 Å². The molecule has 96 valence electrons. The van der Waals surface area contributed by atoms with E-state index in [4.69, 9.17) is 5.11 Å². The minimum Gasteiger partial charge on any atom is -0.480 e. The van der Waals surface area contributed by atoms with Crippen LogP contribution < -0.4 is 5.32 Å². The summed E-state index contributed by atoms with van der Waals surface area (Å²) >= 11 is 0. The van der Waals surface area contributed by atoms with Crippen LogP contribution in [0.1, 0.15) is 26.7 Å². The molecule has 17 heavy (non-hydrogen) atoms. The zero-order chi connectivity index (χ0) is 13.3. The molecule has 0 unspecified atom stereocenters. The van der Waals surface area contributed by atoms with Crippen molar-refractivity contribution in [1.29, 1.82) is 0 Å². The van der Waals surface area contributed by atoms with Crippen LogP contribution in [0.5, 0.6) is 0 Å². The molecule has 0 saturated carbocycles. The van der Waals surface area contributed by atoms with Gasteiger partial charge in [0, 0.05) is 6.42 Å². The Morgan fingerprint density at radius 1 is 1.41 bits per heavy atom. The van der Waals surface area contributed by atoms with Gasteiger partial charge < -0.3 is 15.2 Å². The van der Waals surface area contributed by atoms with Gasteiger partial charge in [-0.25, -0.2) is 4.79 Å². The maximum absolute atomic E-state index is 11.2. The van der Waals surface area contributed by atoms with E-state index in [1.807, 2.05) is 0 Å². The summed E-state index contributed by atoms with van der Waals surface area (Å²) in [4.78, 5) is 33.0. The number of esters is 1. The highest BCUT2D eigenvalue weighted by molar-refractivity contribution is 5.91. The highest BCUT2D eigenvalue weighted by atomic mass is 16.5. The van der Waals surface area contributed by atoms with Crippen molar-refractivity contribution in [2.75, 3.05) is 6.61 Å². The fraction of sp³-hybridized carbons (Fsp3) is 0.545. The molecule has 0 aliphatic carbocycles. The van der Waals surface area contributed by atoms with Crippen LogP contribution in [0, 0.1) is 0 Å². The van der Waals surface area contributed by atoms with Gasteiger partial charge in [0.1, 0.15) is 6.04 Å². The lowest BCUT2D eigenvalue weighted by molar-refractivity contribution is -0.145. The van der Waals surface area contributed by atoms with Crippen LogP contribution in [0.2, 0.25) is 0 Å². The third-order valence-corrected chi connectivity index (χ3v) is 1.88. The van der Waals surface area contributed by atoms with Crippen molar-refractivity contribution in [1.82, 2.24) is 5.32 Å². The SMILES string of the molecule is C/C=C/C(=O)N[C@@H](CCC(=O)OCC)C(=O)O. The molecule has 0 radical (unpaired) electrons. The van der Waals surface area contributed by atoms with Crippen LogP contribution in [0.25, 0.3) is 0 Å². The molecule has 0 rings (SSSR count). The van der Waals surface area contributed by atoms with Gasteiger partial charge in [-0.2, -0.15) is 0 Å². The number of hydrogen-bond acceptors (Lipinski definition) is 4. The quantitative estimate of drug-likeness (QED) is 0.501. The third-order valence-electron chi connectivity index (χ3n) is 1.88. The van der Waals surface area contributed by atoms with Crippen molar-refractivity contribution >= 4 is 17.8 Å². The minimum absolute atomic E-state index is 0.0114. The largest absolute Gasteiger partial charge is 0.480 e. The van der Waals surface area contributed by atoms with E-state index in [2.05, 4.69) is 10.1 Å². The Bertz CT molecular complexity index is 311. The Balaban J connectivity index is 4.21. The first-order chi connectivity index (χ1) is 8.01. The van der Waals surface area contributed by atoms with Crippen LogP contribution in [-0.2, 0) is 19.1 Å². The van der Waals surface area contributed by atoms with Crippen molar-refractivity contribution in [2.24, 2.45) is 0 Å².